The molecule has 1 aromatic rings. The van der Waals surface area contributed by atoms with Crippen molar-refractivity contribution in [3.63, 3.8) is 0 Å². The van der Waals surface area contributed by atoms with E-state index in [1.54, 1.807) is 12.1 Å². The summed E-state index contributed by atoms with van der Waals surface area (Å²) in [5.41, 5.74) is 1.09. The highest BCUT2D eigenvalue weighted by Gasteiger charge is 2.23. The van der Waals surface area contributed by atoms with Crippen LogP contribution in [0.5, 0.6) is 0 Å². The maximum Gasteiger partial charge on any atom is 0.123 e. The minimum Gasteiger partial charge on any atom is -0.313 e. The lowest BCUT2D eigenvalue weighted by atomic mass is 9.81. The molecule has 2 rings (SSSR count). The van der Waals surface area contributed by atoms with Crippen LogP contribution in [-0.2, 0) is 0 Å². The molecule has 0 bridgehead atoms. The van der Waals surface area contributed by atoms with Gasteiger partial charge in [-0.15, -0.1) is 0 Å². The van der Waals surface area contributed by atoms with Gasteiger partial charge >= 0.3 is 0 Å². The molecule has 1 atom stereocenters. The van der Waals surface area contributed by atoms with Crippen molar-refractivity contribution in [3.05, 3.63) is 35.6 Å². The van der Waals surface area contributed by atoms with Crippen LogP contribution >= 0.6 is 0 Å². The highest BCUT2D eigenvalue weighted by molar-refractivity contribution is 5.21. The maximum absolute atomic E-state index is 13.2. The van der Waals surface area contributed by atoms with Crippen LogP contribution in [0.1, 0.15) is 43.7 Å². The van der Waals surface area contributed by atoms with Crippen molar-refractivity contribution in [3.8, 4) is 0 Å². The van der Waals surface area contributed by atoms with E-state index in [1.165, 1.54) is 38.2 Å². The summed E-state index contributed by atoms with van der Waals surface area (Å²) in [6, 6.07) is 7.32. The molecule has 1 aliphatic carbocycles. The second-order valence-electron chi connectivity index (χ2n) is 4.72. The average molecular weight is 221 g/mol. The molecule has 0 radical (unpaired) electrons. The van der Waals surface area contributed by atoms with Gasteiger partial charge in [0, 0.05) is 6.04 Å². The van der Waals surface area contributed by atoms with Crippen molar-refractivity contribution in [1.29, 1.82) is 0 Å². The summed E-state index contributed by atoms with van der Waals surface area (Å²) in [6.45, 7) is 0. The zero-order valence-electron chi connectivity index (χ0n) is 9.88. The highest BCUT2D eigenvalue weighted by atomic mass is 19.1. The van der Waals surface area contributed by atoms with E-state index in [-0.39, 0.29) is 5.82 Å². The molecule has 1 N–H and O–H groups in total. The van der Waals surface area contributed by atoms with E-state index in [1.807, 2.05) is 13.1 Å². The molecule has 0 aromatic heterocycles. The van der Waals surface area contributed by atoms with E-state index in [0.717, 1.165) is 5.56 Å². The fourth-order valence-corrected chi connectivity index (χ4v) is 2.84. The second kappa shape index (κ2) is 5.44. The fraction of sp³-hybridized carbons (Fsp3) is 0.571. The molecule has 88 valence electrons. The number of nitrogens with one attached hydrogen (secondary N) is 1. The molecule has 0 amide bonds. The van der Waals surface area contributed by atoms with Gasteiger partial charge in [-0.2, -0.15) is 0 Å². The zero-order valence-corrected chi connectivity index (χ0v) is 9.88. The predicted octanol–water partition coefficient (Wildman–Crippen LogP) is 3.67. The standard InChI is InChI=1S/C14H20FN/c1-16-14(11-6-3-2-4-7-11)12-8-5-9-13(15)10-12/h5,8-11,14,16H,2-4,6-7H2,1H3. The lowest BCUT2D eigenvalue weighted by Gasteiger charge is -2.30. The van der Waals surface area contributed by atoms with E-state index in [4.69, 9.17) is 0 Å². The Labute approximate surface area is 97.1 Å². The van der Waals surface area contributed by atoms with Crippen LogP contribution in [-0.4, -0.2) is 7.05 Å². The first-order valence-corrected chi connectivity index (χ1v) is 6.24. The molecule has 1 unspecified atom stereocenters. The molecular weight excluding hydrogens is 201 g/mol. The molecule has 1 aliphatic rings. The molecular formula is C14H20FN. The summed E-state index contributed by atoms with van der Waals surface area (Å²) in [7, 11) is 1.98. The quantitative estimate of drug-likeness (QED) is 0.821. The topological polar surface area (TPSA) is 12.0 Å². The Morgan fingerprint density at radius 1 is 1.25 bits per heavy atom. The molecule has 1 fully saturated rings. The van der Waals surface area contributed by atoms with E-state index < -0.39 is 0 Å². The average Bonchev–Trinajstić information content (AvgIpc) is 2.31. The lowest BCUT2D eigenvalue weighted by molar-refractivity contribution is 0.281. The minimum atomic E-state index is -0.131. The molecule has 16 heavy (non-hydrogen) atoms. The van der Waals surface area contributed by atoms with Gasteiger partial charge in [-0.05, 0) is 43.5 Å². The molecule has 2 heteroatoms. The largest absolute Gasteiger partial charge is 0.313 e. The third kappa shape index (κ3) is 2.62. The minimum absolute atomic E-state index is 0.131. The second-order valence-corrected chi connectivity index (χ2v) is 4.72. The first-order valence-electron chi connectivity index (χ1n) is 6.24. The summed E-state index contributed by atoms with van der Waals surface area (Å²) in [4.78, 5) is 0. The molecule has 0 aliphatic heterocycles. The monoisotopic (exact) mass is 221 g/mol. The van der Waals surface area contributed by atoms with E-state index in [9.17, 15) is 4.39 Å². The van der Waals surface area contributed by atoms with Gasteiger partial charge in [0.1, 0.15) is 5.82 Å². The number of halogens is 1. The van der Waals surface area contributed by atoms with Gasteiger partial charge in [0.05, 0.1) is 0 Å². The van der Waals surface area contributed by atoms with Crippen LogP contribution in [0.2, 0.25) is 0 Å². The first kappa shape index (κ1) is 11.6. The molecule has 1 aromatic carbocycles. The van der Waals surface area contributed by atoms with Gasteiger partial charge in [-0.25, -0.2) is 4.39 Å². The van der Waals surface area contributed by atoms with Crippen molar-refractivity contribution in [1.82, 2.24) is 5.32 Å². The van der Waals surface area contributed by atoms with Crippen molar-refractivity contribution in [2.45, 2.75) is 38.1 Å². The lowest BCUT2D eigenvalue weighted by Crippen LogP contribution is -2.27. The van der Waals surface area contributed by atoms with Crippen LogP contribution in [0.25, 0.3) is 0 Å². The van der Waals surface area contributed by atoms with Crippen molar-refractivity contribution in [2.75, 3.05) is 7.05 Å². The number of rotatable bonds is 3. The Morgan fingerprint density at radius 3 is 2.62 bits per heavy atom. The van der Waals surface area contributed by atoms with Crippen LogP contribution in [0, 0.1) is 11.7 Å². The van der Waals surface area contributed by atoms with Gasteiger partial charge < -0.3 is 5.32 Å². The third-order valence-corrected chi connectivity index (χ3v) is 3.64. The predicted molar refractivity (Wildman–Crippen MR) is 64.8 cm³/mol. The maximum atomic E-state index is 13.2. The highest BCUT2D eigenvalue weighted by Crippen LogP contribution is 2.34. The normalized spacial score (nSPS) is 19.6. The fourth-order valence-electron chi connectivity index (χ4n) is 2.84. The summed E-state index contributed by atoms with van der Waals surface area (Å²) < 4.78 is 13.2. The SMILES string of the molecule is CNC(c1cccc(F)c1)C1CCCCC1. The van der Waals surface area contributed by atoms with E-state index in [2.05, 4.69) is 5.32 Å². The first-order chi connectivity index (χ1) is 7.81. The number of benzene rings is 1. The Hall–Kier alpha value is -0.890. The molecule has 0 spiro atoms. The number of hydrogen-bond donors (Lipinski definition) is 1. The molecule has 0 heterocycles. The Kier molecular flexibility index (Phi) is 3.94. The zero-order chi connectivity index (χ0) is 11.4. The van der Waals surface area contributed by atoms with Gasteiger partial charge in [0.25, 0.3) is 0 Å². The molecule has 1 nitrogen and oxygen atoms in total. The van der Waals surface area contributed by atoms with Gasteiger partial charge in [0.2, 0.25) is 0 Å². The Bertz CT molecular complexity index is 331. The third-order valence-electron chi connectivity index (χ3n) is 3.64. The smallest absolute Gasteiger partial charge is 0.123 e. The van der Waals surface area contributed by atoms with Crippen molar-refractivity contribution < 1.29 is 4.39 Å². The Morgan fingerprint density at radius 2 is 2.00 bits per heavy atom. The summed E-state index contributed by atoms with van der Waals surface area (Å²) in [6.07, 6.45) is 6.52. The summed E-state index contributed by atoms with van der Waals surface area (Å²) >= 11 is 0. The van der Waals surface area contributed by atoms with Crippen molar-refractivity contribution in [2.24, 2.45) is 5.92 Å². The van der Waals surface area contributed by atoms with E-state index >= 15 is 0 Å². The molecule has 1 saturated carbocycles. The number of hydrogen-bond acceptors (Lipinski definition) is 1. The van der Waals surface area contributed by atoms with Crippen LogP contribution in [0.15, 0.2) is 24.3 Å². The van der Waals surface area contributed by atoms with E-state index in [0.29, 0.717) is 12.0 Å². The summed E-state index contributed by atoms with van der Waals surface area (Å²) in [5.74, 6) is 0.536. The van der Waals surface area contributed by atoms with Gasteiger partial charge in [0.15, 0.2) is 0 Å². The van der Waals surface area contributed by atoms with Gasteiger partial charge in [-0.1, -0.05) is 31.4 Å². The van der Waals surface area contributed by atoms with Crippen molar-refractivity contribution >= 4 is 0 Å². The van der Waals surface area contributed by atoms with Gasteiger partial charge in [-0.3, -0.25) is 0 Å². The molecule has 0 saturated heterocycles. The Balaban J connectivity index is 2.14. The van der Waals surface area contributed by atoms with Crippen LogP contribution in [0.4, 0.5) is 4.39 Å². The van der Waals surface area contributed by atoms with Crippen LogP contribution in [0.3, 0.4) is 0 Å². The van der Waals surface area contributed by atoms with Crippen LogP contribution < -0.4 is 5.32 Å². The summed E-state index contributed by atoms with van der Waals surface area (Å²) in [5, 5.41) is 3.35.